The summed E-state index contributed by atoms with van der Waals surface area (Å²) in [6.45, 7) is 4.24. The number of sulfonamides is 1. The zero-order valence-electron chi connectivity index (χ0n) is 9.29. The van der Waals surface area contributed by atoms with Crippen molar-refractivity contribution in [1.82, 2.24) is 4.72 Å². The molecule has 0 spiro atoms. The zero-order valence-corrected chi connectivity index (χ0v) is 10.1. The van der Waals surface area contributed by atoms with E-state index in [0.717, 1.165) is 19.3 Å². The molecule has 1 fully saturated rings. The van der Waals surface area contributed by atoms with E-state index in [0.29, 0.717) is 11.8 Å². The fourth-order valence-corrected chi connectivity index (χ4v) is 4.12. The van der Waals surface area contributed by atoms with E-state index in [1.54, 1.807) is 0 Å². The van der Waals surface area contributed by atoms with Crippen molar-refractivity contribution in [3.05, 3.63) is 0 Å². The lowest BCUT2D eigenvalue weighted by molar-refractivity contribution is 0.279. The summed E-state index contributed by atoms with van der Waals surface area (Å²) in [4.78, 5) is 0. The van der Waals surface area contributed by atoms with Gasteiger partial charge in [-0.25, -0.2) is 13.1 Å². The minimum Gasteiger partial charge on any atom is -0.218 e. The van der Waals surface area contributed by atoms with Gasteiger partial charge in [0.25, 0.3) is 0 Å². The van der Waals surface area contributed by atoms with E-state index >= 15 is 0 Å². The van der Waals surface area contributed by atoms with Crippen molar-refractivity contribution < 1.29 is 8.42 Å². The summed E-state index contributed by atoms with van der Waals surface area (Å²) in [6, 6.07) is 0. The quantitative estimate of drug-likeness (QED) is 0.786. The van der Waals surface area contributed by atoms with Crippen molar-refractivity contribution in [2.45, 2.75) is 44.8 Å². The maximum Gasteiger partial charge on any atom is 0.214 e. The normalized spacial score (nSPS) is 29.4. The van der Waals surface area contributed by atoms with E-state index < -0.39 is 10.0 Å². The first-order valence-corrected chi connectivity index (χ1v) is 6.96. The molecule has 1 aliphatic carbocycles. The van der Waals surface area contributed by atoms with Crippen LogP contribution in [-0.4, -0.2) is 20.7 Å². The summed E-state index contributed by atoms with van der Waals surface area (Å²) in [6.07, 6.45) is 4.11. The van der Waals surface area contributed by atoms with Crippen LogP contribution in [0.2, 0.25) is 0 Å². The Morgan fingerprint density at radius 2 is 1.79 bits per heavy atom. The Balaban J connectivity index is 2.83. The summed E-state index contributed by atoms with van der Waals surface area (Å²) in [5.74, 6) is 0.796. The minimum atomic E-state index is -3.07. The van der Waals surface area contributed by atoms with Crippen LogP contribution < -0.4 is 4.72 Å². The zero-order chi connectivity index (χ0) is 10.8. The Bertz CT molecular complexity index is 272. The average Bonchev–Trinajstić information content (AvgIpc) is 2.18. The molecule has 2 atom stereocenters. The first-order chi connectivity index (χ1) is 6.49. The van der Waals surface area contributed by atoms with Crippen LogP contribution in [-0.2, 0) is 10.0 Å². The van der Waals surface area contributed by atoms with Crippen LogP contribution in [0.25, 0.3) is 0 Å². The molecule has 0 radical (unpaired) electrons. The molecule has 0 amide bonds. The Kier molecular flexibility index (Phi) is 3.95. The Hall–Kier alpha value is -0.0900. The lowest BCUT2D eigenvalue weighted by atomic mass is 9.81. The van der Waals surface area contributed by atoms with Gasteiger partial charge in [-0.3, -0.25) is 0 Å². The summed E-state index contributed by atoms with van der Waals surface area (Å²) in [7, 11) is -1.55. The van der Waals surface area contributed by atoms with Gasteiger partial charge in [0.1, 0.15) is 0 Å². The van der Waals surface area contributed by atoms with Gasteiger partial charge in [-0.15, -0.1) is 0 Å². The molecule has 1 N–H and O–H groups in total. The average molecular weight is 219 g/mol. The van der Waals surface area contributed by atoms with Gasteiger partial charge in [-0.2, -0.15) is 0 Å². The van der Waals surface area contributed by atoms with Crippen molar-refractivity contribution in [3.63, 3.8) is 0 Å². The summed E-state index contributed by atoms with van der Waals surface area (Å²) < 4.78 is 26.0. The molecule has 14 heavy (non-hydrogen) atoms. The SMILES string of the molecule is CNS(=O)(=O)C1CCCCC1C(C)C. The maximum atomic E-state index is 11.8. The van der Waals surface area contributed by atoms with Gasteiger partial charge in [-0.1, -0.05) is 26.7 Å². The fraction of sp³-hybridized carbons (Fsp3) is 1.00. The molecular formula is C10H21NO2S. The second kappa shape index (κ2) is 4.62. The van der Waals surface area contributed by atoms with Gasteiger partial charge >= 0.3 is 0 Å². The van der Waals surface area contributed by atoms with Crippen molar-refractivity contribution >= 4 is 10.0 Å². The van der Waals surface area contributed by atoms with Gasteiger partial charge in [0.2, 0.25) is 10.0 Å². The van der Waals surface area contributed by atoms with E-state index in [1.165, 1.54) is 13.5 Å². The molecular weight excluding hydrogens is 198 g/mol. The van der Waals surface area contributed by atoms with Crippen LogP contribution in [0.3, 0.4) is 0 Å². The summed E-state index contributed by atoms with van der Waals surface area (Å²) in [5.41, 5.74) is 0. The first kappa shape index (κ1) is 12.0. The highest BCUT2D eigenvalue weighted by atomic mass is 32.2. The van der Waals surface area contributed by atoms with Gasteiger partial charge < -0.3 is 0 Å². The van der Waals surface area contributed by atoms with Crippen molar-refractivity contribution in [1.29, 1.82) is 0 Å². The molecule has 0 aliphatic heterocycles. The molecule has 0 bridgehead atoms. The Labute approximate surface area is 87.3 Å². The Morgan fingerprint density at radius 3 is 2.29 bits per heavy atom. The predicted molar refractivity (Wildman–Crippen MR) is 58.6 cm³/mol. The van der Waals surface area contributed by atoms with E-state index in [2.05, 4.69) is 18.6 Å². The molecule has 2 unspecified atom stereocenters. The van der Waals surface area contributed by atoms with Gasteiger partial charge in [0, 0.05) is 0 Å². The molecule has 4 heteroatoms. The molecule has 0 aromatic carbocycles. The van der Waals surface area contributed by atoms with Gasteiger partial charge in [0.05, 0.1) is 5.25 Å². The predicted octanol–water partition coefficient (Wildman–Crippen LogP) is 1.75. The summed E-state index contributed by atoms with van der Waals surface area (Å²) >= 11 is 0. The first-order valence-electron chi connectivity index (χ1n) is 5.41. The maximum absolute atomic E-state index is 11.8. The standard InChI is InChI=1S/C10H21NO2S/c1-8(2)9-6-4-5-7-10(9)14(12,13)11-3/h8-11H,4-7H2,1-3H3. The molecule has 1 aliphatic rings. The van der Waals surface area contributed by atoms with Gasteiger partial charge in [0.15, 0.2) is 0 Å². The number of hydrogen-bond acceptors (Lipinski definition) is 2. The second-order valence-corrected chi connectivity index (χ2v) is 6.58. The van der Waals surface area contributed by atoms with Gasteiger partial charge in [-0.05, 0) is 31.7 Å². The summed E-state index contributed by atoms with van der Waals surface area (Å²) in [5, 5.41) is -0.166. The molecule has 0 aromatic rings. The third kappa shape index (κ3) is 2.48. The smallest absolute Gasteiger partial charge is 0.214 e. The van der Waals surface area contributed by atoms with Crippen LogP contribution in [0.4, 0.5) is 0 Å². The third-order valence-corrected chi connectivity index (χ3v) is 5.24. The van der Waals surface area contributed by atoms with Crippen molar-refractivity contribution in [2.24, 2.45) is 11.8 Å². The number of hydrogen-bond donors (Lipinski definition) is 1. The largest absolute Gasteiger partial charge is 0.218 e. The Morgan fingerprint density at radius 1 is 1.21 bits per heavy atom. The highest BCUT2D eigenvalue weighted by Crippen LogP contribution is 2.33. The molecule has 1 saturated carbocycles. The molecule has 0 saturated heterocycles. The van der Waals surface area contributed by atoms with Crippen LogP contribution in [0.15, 0.2) is 0 Å². The fourth-order valence-electron chi connectivity index (χ4n) is 2.42. The minimum absolute atomic E-state index is 0.166. The number of rotatable bonds is 3. The van der Waals surface area contributed by atoms with Crippen LogP contribution >= 0.6 is 0 Å². The highest BCUT2D eigenvalue weighted by Gasteiger charge is 2.35. The van der Waals surface area contributed by atoms with Crippen LogP contribution in [0, 0.1) is 11.8 Å². The van der Waals surface area contributed by atoms with Crippen molar-refractivity contribution in [2.75, 3.05) is 7.05 Å². The second-order valence-electron chi connectivity index (χ2n) is 4.48. The third-order valence-electron chi connectivity index (χ3n) is 3.29. The van der Waals surface area contributed by atoms with E-state index in [4.69, 9.17) is 0 Å². The van der Waals surface area contributed by atoms with Crippen molar-refractivity contribution in [3.8, 4) is 0 Å². The van der Waals surface area contributed by atoms with E-state index in [1.807, 2.05) is 0 Å². The van der Waals surface area contributed by atoms with Crippen LogP contribution in [0.1, 0.15) is 39.5 Å². The molecule has 3 nitrogen and oxygen atoms in total. The van der Waals surface area contributed by atoms with Crippen LogP contribution in [0.5, 0.6) is 0 Å². The monoisotopic (exact) mass is 219 g/mol. The van der Waals surface area contributed by atoms with E-state index in [9.17, 15) is 8.42 Å². The molecule has 0 heterocycles. The highest BCUT2D eigenvalue weighted by molar-refractivity contribution is 7.90. The number of nitrogens with one attached hydrogen (secondary N) is 1. The lowest BCUT2D eigenvalue weighted by Crippen LogP contribution is -2.41. The molecule has 1 rings (SSSR count). The molecule has 84 valence electrons. The lowest BCUT2D eigenvalue weighted by Gasteiger charge is -2.33. The topological polar surface area (TPSA) is 46.2 Å². The van der Waals surface area contributed by atoms with E-state index in [-0.39, 0.29) is 5.25 Å². The molecule has 0 aromatic heterocycles.